The molecule has 2 N–H and O–H groups in total. The van der Waals surface area contributed by atoms with E-state index in [1.807, 2.05) is 4.90 Å². The summed E-state index contributed by atoms with van der Waals surface area (Å²) in [5.74, 6) is 0.654. The van der Waals surface area contributed by atoms with Crippen LogP contribution in [-0.2, 0) is 4.79 Å². The van der Waals surface area contributed by atoms with Crippen LogP contribution in [0.2, 0.25) is 0 Å². The molecule has 0 spiro atoms. The molecule has 15 heavy (non-hydrogen) atoms. The summed E-state index contributed by atoms with van der Waals surface area (Å²) in [7, 11) is 0. The topological polar surface area (TPSA) is 46.3 Å². The van der Waals surface area contributed by atoms with Crippen LogP contribution in [-0.4, -0.2) is 29.9 Å². The fraction of sp³-hybridized carbons (Fsp3) is 0.917. The van der Waals surface area contributed by atoms with Crippen LogP contribution >= 0.6 is 0 Å². The van der Waals surface area contributed by atoms with Crippen molar-refractivity contribution in [3.05, 3.63) is 0 Å². The van der Waals surface area contributed by atoms with Crippen LogP contribution in [0.1, 0.15) is 46.0 Å². The summed E-state index contributed by atoms with van der Waals surface area (Å²) < 4.78 is 0. The lowest BCUT2D eigenvalue weighted by atomic mass is 10.0. The van der Waals surface area contributed by atoms with Crippen molar-refractivity contribution < 1.29 is 4.79 Å². The largest absolute Gasteiger partial charge is 0.341 e. The van der Waals surface area contributed by atoms with E-state index >= 15 is 0 Å². The Labute approximate surface area is 93.0 Å². The molecule has 1 heterocycles. The van der Waals surface area contributed by atoms with Gasteiger partial charge >= 0.3 is 0 Å². The Bertz CT molecular complexity index is 196. The highest BCUT2D eigenvalue weighted by Crippen LogP contribution is 2.12. The van der Waals surface area contributed by atoms with Crippen molar-refractivity contribution in [3.63, 3.8) is 0 Å². The number of carbonyl (C=O) groups is 1. The van der Waals surface area contributed by atoms with Crippen LogP contribution in [0.4, 0.5) is 0 Å². The van der Waals surface area contributed by atoms with Gasteiger partial charge < -0.3 is 10.6 Å². The van der Waals surface area contributed by atoms with Crippen LogP contribution in [0.5, 0.6) is 0 Å². The number of nitrogens with zero attached hydrogens (tertiary/aromatic N) is 1. The van der Waals surface area contributed by atoms with E-state index in [0.29, 0.717) is 5.92 Å². The predicted molar refractivity (Wildman–Crippen MR) is 62.5 cm³/mol. The normalized spacial score (nSPS) is 20.1. The number of likely N-dealkylation sites (tertiary alicyclic amines) is 1. The predicted octanol–water partition coefficient (Wildman–Crippen LogP) is 1.76. The van der Waals surface area contributed by atoms with Crippen molar-refractivity contribution in [2.24, 2.45) is 11.7 Å². The van der Waals surface area contributed by atoms with Gasteiger partial charge in [-0.3, -0.25) is 4.79 Å². The van der Waals surface area contributed by atoms with Crippen molar-refractivity contribution >= 4 is 5.91 Å². The highest BCUT2D eigenvalue weighted by Gasteiger charge is 2.22. The Hall–Kier alpha value is -0.570. The first kappa shape index (κ1) is 12.5. The van der Waals surface area contributed by atoms with E-state index in [-0.39, 0.29) is 11.9 Å². The molecule has 0 aromatic heterocycles. The number of rotatable bonds is 3. The summed E-state index contributed by atoms with van der Waals surface area (Å²) in [6, 6.07) is -0.289. The molecule has 0 aromatic rings. The van der Waals surface area contributed by atoms with Gasteiger partial charge in [-0.15, -0.1) is 0 Å². The van der Waals surface area contributed by atoms with Gasteiger partial charge in [0.15, 0.2) is 0 Å². The molecule has 3 heteroatoms. The van der Waals surface area contributed by atoms with Gasteiger partial charge in [0.1, 0.15) is 0 Å². The van der Waals surface area contributed by atoms with Gasteiger partial charge in [0.2, 0.25) is 5.91 Å². The average molecular weight is 212 g/mol. The summed E-state index contributed by atoms with van der Waals surface area (Å²) in [6.45, 7) is 6.03. The summed E-state index contributed by atoms with van der Waals surface area (Å²) in [4.78, 5) is 13.9. The lowest BCUT2D eigenvalue weighted by molar-refractivity contribution is -0.132. The monoisotopic (exact) mass is 212 g/mol. The third-order valence-corrected chi connectivity index (χ3v) is 2.96. The van der Waals surface area contributed by atoms with Gasteiger partial charge in [-0.1, -0.05) is 26.7 Å². The number of amides is 1. The summed E-state index contributed by atoms with van der Waals surface area (Å²) >= 11 is 0. The molecule has 0 saturated carbocycles. The molecule has 0 radical (unpaired) electrons. The highest BCUT2D eigenvalue weighted by atomic mass is 16.2. The van der Waals surface area contributed by atoms with E-state index in [1.165, 1.54) is 12.8 Å². The van der Waals surface area contributed by atoms with Gasteiger partial charge in [0, 0.05) is 13.1 Å². The van der Waals surface area contributed by atoms with Crippen LogP contribution in [0.15, 0.2) is 0 Å². The zero-order valence-electron chi connectivity index (χ0n) is 10.0. The summed E-state index contributed by atoms with van der Waals surface area (Å²) in [5.41, 5.74) is 5.91. The number of hydrogen-bond donors (Lipinski definition) is 1. The third kappa shape index (κ3) is 4.20. The molecule has 1 aliphatic rings. The molecule has 1 fully saturated rings. The first-order chi connectivity index (χ1) is 7.11. The van der Waals surface area contributed by atoms with Crippen LogP contribution in [0, 0.1) is 5.92 Å². The quantitative estimate of drug-likeness (QED) is 0.775. The molecule has 0 aromatic carbocycles. The first-order valence-corrected chi connectivity index (χ1v) is 6.15. The molecule has 1 aliphatic heterocycles. The van der Waals surface area contributed by atoms with Crippen molar-refractivity contribution in [3.8, 4) is 0 Å². The van der Waals surface area contributed by atoms with Crippen molar-refractivity contribution in [2.45, 2.75) is 52.0 Å². The van der Waals surface area contributed by atoms with Gasteiger partial charge in [-0.05, 0) is 25.2 Å². The molecular formula is C12H24N2O. The molecule has 0 unspecified atom stereocenters. The molecule has 1 saturated heterocycles. The van der Waals surface area contributed by atoms with Crippen molar-refractivity contribution in [2.75, 3.05) is 13.1 Å². The average Bonchev–Trinajstić information content (AvgIpc) is 2.43. The lowest BCUT2D eigenvalue weighted by Crippen LogP contribution is -2.44. The molecule has 1 amide bonds. The minimum Gasteiger partial charge on any atom is -0.341 e. The molecular weight excluding hydrogens is 188 g/mol. The van der Waals surface area contributed by atoms with E-state index < -0.39 is 0 Å². The minimum atomic E-state index is -0.289. The smallest absolute Gasteiger partial charge is 0.239 e. The fourth-order valence-corrected chi connectivity index (χ4v) is 2.13. The Morgan fingerprint density at radius 2 is 1.73 bits per heavy atom. The molecule has 3 nitrogen and oxygen atoms in total. The van der Waals surface area contributed by atoms with Crippen LogP contribution in [0.25, 0.3) is 0 Å². The molecule has 88 valence electrons. The number of nitrogens with two attached hydrogens (primary N) is 1. The zero-order valence-corrected chi connectivity index (χ0v) is 10.0. The lowest BCUT2D eigenvalue weighted by Gasteiger charge is -2.24. The van der Waals surface area contributed by atoms with Crippen molar-refractivity contribution in [1.82, 2.24) is 4.90 Å². The van der Waals surface area contributed by atoms with E-state index in [2.05, 4.69) is 13.8 Å². The van der Waals surface area contributed by atoms with Crippen LogP contribution in [0.3, 0.4) is 0 Å². The van der Waals surface area contributed by atoms with Gasteiger partial charge in [-0.25, -0.2) is 0 Å². The zero-order chi connectivity index (χ0) is 11.3. The minimum absolute atomic E-state index is 0.158. The third-order valence-electron chi connectivity index (χ3n) is 2.96. The Balaban J connectivity index is 2.42. The SMILES string of the molecule is CC(C)C[C@H](N)C(=O)N1CCCCCC1. The second kappa shape index (κ2) is 6.11. The maximum atomic E-state index is 12.0. The maximum Gasteiger partial charge on any atom is 0.239 e. The summed E-state index contributed by atoms with van der Waals surface area (Å²) in [6.07, 6.45) is 5.59. The first-order valence-electron chi connectivity index (χ1n) is 6.15. The van der Waals surface area contributed by atoms with E-state index in [1.54, 1.807) is 0 Å². The number of hydrogen-bond acceptors (Lipinski definition) is 2. The standard InChI is InChI=1S/C12H24N2O/c1-10(2)9-11(13)12(15)14-7-5-3-4-6-8-14/h10-11H,3-9,13H2,1-2H3/t11-/m0/s1. The highest BCUT2D eigenvalue weighted by molar-refractivity contribution is 5.81. The molecule has 1 atom stereocenters. The Morgan fingerprint density at radius 1 is 1.20 bits per heavy atom. The Kier molecular flexibility index (Phi) is 5.09. The Morgan fingerprint density at radius 3 is 2.20 bits per heavy atom. The van der Waals surface area contributed by atoms with Gasteiger partial charge in [0.25, 0.3) is 0 Å². The summed E-state index contributed by atoms with van der Waals surface area (Å²) in [5, 5.41) is 0. The van der Waals surface area contributed by atoms with E-state index in [0.717, 1.165) is 32.4 Å². The maximum absolute atomic E-state index is 12.0. The number of carbonyl (C=O) groups excluding carboxylic acids is 1. The second-order valence-corrected chi connectivity index (χ2v) is 4.98. The fourth-order valence-electron chi connectivity index (χ4n) is 2.13. The molecule has 0 aliphatic carbocycles. The van der Waals surface area contributed by atoms with Crippen molar-refractivity contribution in [1.29, 1.82) is 0 Å². The van der Waals surface area contributed by atoms with Gasteiger partial charge in [-0.2, -0.15) is 0 Å². The van der Waals surface area contributed by atoms with E-state index in [4.69, 9.17) is 5.73 Å². The second-order valence-electron chi connectivity index (χ2n) is 4.98. The molecule has 0 bridgehead atoms. The van der Waals surface area contributed by atoms with Gasteiger partial charge in [0.05, 0.1) is 6.04 Å². The van der Waals surface area contributed by atoms with E-state index in [9.17, 15) is 4.79 Å². The molecule has 1 rings (SSSR count). The van der Waals surface area contributed by atoms with Crippen LogP contribution < -0.4 is 5.73 Å².